The first kappa shape index (κ1) is 31.4. The van der Waals surface area contributed by atoms with Crippen molar-refractivity contribution in [3.63, 3.8) is 0 Å². The van der Waals surface area contributed by atoms with Crippen molar-refractivity contribution in [2.24, 2.45) is 0 Å². The summed E-state index contributed by atoms with van der Waals surface area (Å²) in [6, 6.07) is 12.1. The summed E-state index contributed by atoms with van der Waals surface area (Å²) in [6.07, 6.45) is 7.05. The summed E-state index contributed by atoms with van der Waals surface area (Å²) in [5.74, 6) is 1.34. The first-order chi connectivity index (χ1) is 22.3. The van der Waals surface area contributed by atoms with Crippen molar-refractivity contribution in [3.05, 3.63) is 81.7 Å². The number of amides is 1. The SMILES string of the molecule is CCc1cccc(CC)c1CC(=O)c1noc2c1CCc1cnc(Nc3ccc(C(=O)N4CCC(N(C)C)CC4)cc3OC)nc1-2. The number of hydrogen-bond donors (Lipinski definition) is 1. The molecule has 3 heterocycles. The zero-order valence-electron chi connectivity index (χ0n) is 27.4. The number of piperidine rings is 1. The number of nitrogens with one attached hydrogen (secondary N) is 1. The van der Waals surface area contributed by atoms with Crippen molar-refractivity contribution < 1.29 is 18.8 Å². The van der Waals surface area contributed by atoms with E-state index in [0.29, 0.717) is 65.4 Å². The van der Waals surface area contributed by atoms with Gasteiger partial charge in [-0.25, -0.2) is 9.97 Å². The van der Waals surface area contributed by atoms with Crippen LogP contribution in [-0.4, -0.2) is 77.0 Å². The van der Waals surface area contributed by atoms with Crippen molar-refractivity contribution in [2.75, 3.05) is 39.6 Å². The lowest BCUT2D eigenvalue weighted by Gasteiger charge is -2.35. The lowest BCUT2D eigenvalue weighted by Crippen LogP contribution is -2.44. The number of aryl methyl sites for hydroxylation is 3. The summed E-state index contributed by atoms with van der Waals surface area (Å²) in [4.78, 5) is 40.3. The molecule has 2 aromatic heterocycles. The van der Waals surface area contributed by atoms with E-state index in [2.05, 4.69) is 66.5 Å². The average Bonchev–Trinajstić information content (AvgIpc) is 3.53. The number of fused-ring (bicyclic) bond motifs is 3. The smallest absolute Gasteiger partial charge is 0.253 e. The van der Waals surface area contributed by atoms with Crippen molar-refractivity contribution in [1.29, 1.82) is 0 Å². The number of ether oxygens (including phenoxy) is 1. The van der Waals surface area contributed by atoms with Gasteiger partial charge < -0.3 is 24.4 Å². The highest BCUT2D eigenvalue weighted by molar-refractivity contribution is 5.99. The summed E-state index contributed by atoms with van der Waals surface area (Å²) in [6.45, 7) is 5.69. The second-order valence-electron chi connectivity index (χ2n) is 12.3. The number of hydrogen-bond acceptors (Lipinski definition) is 9. The number of aromatic nitrogens is 3. The Kier molecular flexibility index (Phi) is 9.17. The molecular weight excluding hydrogens is 580 g/mol. The minimum atomic E-state index is -0.0436. The van der Waals surface area contributed by atoms with E-state index in [-0.39, 0.29) is 11.7 Å². The van der Waals surface area contributed by atoms with E-state index >= 15 is 0 Å². The summed E-state index contributed by atoms with van der Waals surface area (Å²) in [5.41, 5.74) is 7.43. The van der Waals surface area contributed by atoms with Gasteiger partial charge in [0, 0.05) is 48.4 Å². The summed E-state index contributed by atoms with van der Waals surface area (Å²) < 4.78 is 11.5. The second kappa shape index (κ2) is 13.4. The van der Waals surface area contributed by atoms with Gasteiger partial charge in [-0.2, -0.15) is 0 Å². The van der Waals surface area contributed by atoms with E-state index in [9.17, 15) is 9.59 Å². The third kappa shape index (κ3) is 6.13. The van der Waals surface area contributed by atoms with E-state index in [4.69, 9.17) is 14.2 Å². The van der Waals surface area contributed by atoms with E-state index in [1.165, 1.54) is 11.1 Å². The molecule has 46 heavy (non-hydrogen) atoms. The highest BCUT2D eigenvalue weighted by atomic mass is 16.5. The highest BCUT2D eigenvalue weighted by Gasteiger charge is 2.30. The van der Waals surface area contributed by atoms with Crippen molar-refractivity contribution in [2.45, 2.75) is 64.8 Å². The fourth-order valence-electron chi connectivity index (χ4n) is 6.69. The molecule has 10 heteroatoms. The molecule has 6 rings (SSSR count). The van der Waals surface area contributed by atoms with Crippen LogP contribution in [0, 0.1) is 0 Å². The molecule has 4 aromatic rings. The predicted octanol–water partition coefficient (Wildman–Crippen LogP) is 5.70. The van der Waals surface area contributed by atoms with Crippen LogP contribution in [0.4, 0.5) is 11.6 Å². The number of carbonyl (C=O) groups excluding carboxylic acids is 2. The van der Waals surface area contributed by atoms with Gasteiger partial charge in [-0.05, 0) is 87.5 Å². The van der Waals surface area contributed by atoms with E-state index < -0.39 is 0 Å². The first-order valence-electron chi connectivity index (χ1n) is 16.2. The number of anilines is 2. The number of Topliss-reactive ketones (excluding diaryl/α,β-unsaturated/α-hetero) is 1. The van der Waals surface area contributed by atoms with Crippen LogP contribution < -0.4 is 10.1 Å². The van der Waals surface area contributed by atoms with E-state index in [1.54, 1.807) is 25.4 Å². The lowest BCUT2D eigenvalue weighted by molar-refractivity contribution is 0.0663. The zero-order chi connectivity index (χ0) is 32.4. The Balaban J connectivity index is 1.20. The van der Waals surface area contributed by atoms with Crippen LogP contribution in [0.2, 0.25) is 0 Å². The Bertz CT molecular complexity index is 1730. The molecule has 10 nitrogen and oxygen atoms in total. The third-order valence-corrected chi connectivity index (χ3v) is 9.42. The fraction of sp³-hybridized carbons (Fsp3) is 0.417. The molecule has 1 N–H and O–H groups in total. The van der Waals surface area contributed by atoms with E-state index in [1.807, 2.05) is 11.0 Å². The van der Waals surface area contributed by atoms with Crippen molar-refractivity contribution >= 4 is 23.3 Å². The van der Waals surface area contributed by atoms with Gasteiger partial charge in [0.05, 0.1) is 12.8 Å². The summed E-state index contributed by atoms with van der Waals surface area (Å²) in [5, 5.41) is 7.51. The molecule has 240 valence electrons. The van der Waals surface area contributed by atoms with Gasteiger partial charge in [-0.3, -0.25) is 9.59 Å². The Morgan fingerprint density at radius 1 is 1.07 bits per heavy atom. The normalized spacial score (nSPS) is 14.6. The number of nitrogens with zero attached hydrogens (tertiary/aromatic N) is 5. The van der Waals surface area contributed by atoms with Gasteiger partial charge in [-0.15, -0.1) is 0 Å². The number of benzene rings is 2. The predicted molar refractivity (Wildman–Crippen MR) is 177 cm³/mol. The van der Waals surface area contributed by atoms with Gasteiger partial charge in [0.1, 0.15) is 11.4 Å². The van der Waals surface area contributed by atoms with Crippen LogP contribution in [0.3, 0.4) is 0 Å². The second-order valence-corrected chi connectivity index (χ2v) is 12.3. The van der Waals surface area contributed by atoms with Gasteiger partial charge >= 0.3 is 0 Å². The lowest BCUT2D eigenvalue weighted by atomic mass is 9.89. The van der Waals surface area contributed by atoms with Gasteiger partial charge in [0.15, 0.2) is 17.2 Å². The maximum atomic E-state index is 13.6. The topological polar surface area (TPSA) is 114 Å². The van der Waals surface area contributed by atoms with Crippen LogP contribution in [0.1, 0.15) is 75.4 Å². The Hall–Kier alpha value is -4.57. The molecule has 0 unspecified atom stereocenters. The van der Waals surface area contributed by atoms with E-state index in [0.717, 1.165) is 55.5 Å². The van der Waals surface area contributed by atoms with Crippen LogP contribution in [0.5, 0.6) is 5.75 Å². The van der Waals surface area contributed by atoms with Crippen LogP contribution in [0.25, 0.3) is 11.5 Å². The molecule has 2 aromatic carbocycles. The molecule has 0 atom stereocenters. The molecule has 0 saturated carbocycles. The van der Waals surface area contributed by atoms with Gasteiger partial charge in [0.2, 0.25) is 5.95 Å². The van der Waals surface area contributed by atoms with Crippen LogP contribution >= 0.6 is 0 Å². The van der Waals surface area contributed by atoms with Gasteiger partial charge in [-0.1, -0.05) is 37.2 Å². The molecule has 1 fully saturated rings. The summed E-state index contributed by atoms with van der Waals surface area (Å²) in [7, 11) is 5.75. The van der Waals surface area contributed by atoms with Crippen LogP contribution in [-0.2, 0) is 32.1 Å². The molecule has 2 aliphatic rings. The number of rotatable bonds is 10. The number of carbonyl (C=O) groups is 2. The Morgan fingerprint density at radius 2 is 1.80 bits per heavy atom. The number of likely N-dealkylation sites (tertiary alicyclic amines) is 1. The molecule has 0 spiro atoms. The largest absolute Gasteiger partial charge is 0.495 e. The summed E-state index contributed by atoms with van der Waals surface area (Å²) >= 11 is 0. The van der Waals surface area contributed by atoms with Crippen molar-refractivity contribution in [3.8, 4) is 17.2 Å². The average molecular weight is 623 g/mol. The Labute approximate surface area is 270 Å². The monoisotopic (exact) mass is 622 g/mol. The quantitative estimate of drug-likeness (QED) is 0.223. The third-order valence-electron chi connectivity index (χ3n) is 9.42. The zero-order valence-corrected chi connectivity index (χ0v) is 27.4. The maximum Gasteiger partial charge on any atom is 0.253 e. The van der Waals surface area contributed by atoms with Crippen molar-refractivity contribution in [1.82, 2.24) is 24.9 Å². The molecule has 0 bridgehead atoms. The minimum absolute atomic E-state index is 0.000567. The van der Waals surface area contributed by atoms with Crippen LogP contribution in [0.15, 0.2) is 47.1 Å². The van der Waals surface area contributed by atoms with Gasteiger partial charge in [0.25, 0.3) is 5.91 Å². The highest BCUT2D eigenvalue weighted by Crippen LogP contribution is 2.36. The minimum Gasteiger partial charge on any atom is -0.495 e. The molecule has 1 aliphatic carbocycles. The first-order valence-corrected chi connectivity index (χ1v) is 16.2. The standard InChI is InChI=1S/C36H42N6O4/c1-6-22-9-8-10-23(7-2)28(22)20-30(43)33-27-13-11-25-21-37-36(39-32(25)34(27)46-40-33)38-29-14-12-24(19-31(29)45-5)35(44)42-17-15-26(16-18-42)41(3)4/h8-10,12,14,19,21,26H,6-7,11,13,15-18,20H2,1-5H3,(H,37,38,39). The molecule has 1 amide bonds. The molecule has 1 aliphatic heterocycles. The number of methoxy groups -OCH3 is 1. The maximum absolute atomic E-state index is 13.6. The number of ketones is 1. The Morgan fingerprint density at radius 3 is 2.48 bits per heavy atom. The molecular formula is C36H42N6O4. The molecule has 0 radical (unpaired) electrons. The fourth-order valence-corrected chi connectivity index (χ4v) is 6.69. The molecule has 1 saturated heterocycles.